The second-order valence-electron chi connectivity index (χ2n) is 7.30. The predicted molar refractivity (Wildman–Crippen MR) is 117 cm³/mol. The van der Waals surface area contributed by atoms with Gasteiger partial charge >= 0.3 is 6.18 Å². The van der Waals surface area contributed by atoms with Crippen LogP contribution in [0.25, 0.3) is 0 Å². The van der Waals surface area contributed by atoms with E-state index in [-0.39, 0.29) is 32.6 Å². The van der Waals surface area contributed by atoms with Gasteiger partial charge in [0.15, 0.2) is 0 Å². The SMILES string of the molecule is O=C(Nc1cccc(C2=NOC(c3cc(Cl)cc(Cl)c3)(C(F)(F)F)C2)c1)c1ccccc1F. The van der Waals surface area contributed by atoms with Crippen molar-refractivity contribution in [3.8, 4) is 0 Å². The Bertz CT molecular complexity index is 1240. The zero-order chi connectivity index (χ0) is 23.8. The van der Waals surface area contributed by atoms with E-state index in [0.717, 1.165) is 18.2 Å². The molecule has 170 valence electrons. The van der Waals surface area contributed by atoms with Crippen molar-refractivity contribution in [2.45, 2.75) is 18.2 Å². The first-order valence-corrected chi connectivity index (χ1v) is 10.3. The highest BCUT2D eigenvalue weighted by Crippen LogP contribution is 2.49. The third kappa shape index (κ3) is 4.54. The number of hydrogen-bond donors (Lipinski definition) is 1. The van der Waals surface area contributed by atoms with Crippen molar-refractivity contribution in [1.82, 2.24) is 0 Å². The van der Waals surface area contributed by atoms with Crippen molar-refractivity contribution in [1.29, 1.82) is 0 Å². The minimum atomic E-state index is -4.83. The summed E-state index contributed by atoms with van der Waals surface area (Å²) < 4.78 is 56.3. The Balaban J connectivity index is 1.62. The maximum atomic E-state index is 14.2. The third-order valence-electron chi connectivity index (χ3n) is 5.09. The average molecular weight is 497 g/mol. The van der Waals surface area contributed by atoms with Gasteiger partial charge in [0.1, 0.15) is 5.82 Å². The van der Waals surface area contributed by atoms with Crippen LogP contribution >= 0.6 is 23.2 Å². The first-order chi connectivity index (χ1) is 15.6. The van der Waals surface area contributed by atoms with Crippen molar-refractivity contribution in [3.63, 3.8) is 0 Å². The van der Waals surface area contributed by atoms with E-state index in [1.54, 1.807) is 0 Å². The van der Waals surface area contributed by atoms with Crippen LogP contribution in [-0.2, 0) is 10.4 Å². The van der Waals surface area contributed by atoms with E-state index in [4.69, 9.17) is 28.0 Å². The second-order valence-corrected chi connectivity index (χ2v) is 8.18. The topological polar surface area (TPSA) is 50.7 Å². The van der Waals surface area contributed by atoms with Gasteiger partial charge in [-0.15, -0.1) is 0 Å². The fourth-order valence-corrected chi connectivity index (χ4v) is 3.99. The minimum absolute atomic E-state index is 0.00501. The fraction of sp³-hybridized carbons (Fsp3) is 0.130. The molecule has 0 radical (unpaired) electrons. The van der Waals surface area contributed by atoms with Crippen LogP contribution < -0.4 is 5.32 Å². The molecule has 1 amide bonds. The summed E-state index contributed by atoms with van der Waals surface area (Å²) in [5, 5.41) is 6.27. The first-order valence-electron chi connectivity index (χ1n) is 9.54. The average Bonchev–Trinajstić information content (AvgIpc) is 3.21. The predicted octanol–water partition coefficient (Wildman–Crippen LogP) is 6.97. The van der Waals surface area contributed by atoms with Gasteiger partial charge in [-0.3, -0.25) is 4.79 Å². The number of alkyl halides is 3. The Morgan fingerprint density at radius 2 is 1.70 bits per heavy atom. The van der Waals surface area contributed by atoms with Gasteiger partial charge in [-0.1, -0.05) is 52.6 Å². The molecule has 3 aromatic carbocycles. The highest BCUT2D eigenvalue weighted by molar-refractivity contribution is 6.34. The summed E-state index contributed by atoms with van der Waals surface area (Å²) in [6.45, 7) is 0. The zero-order valence-corrected chi connectivity index (χ0v) is 18.1. The fourth-order valence-electron chi connectivity index (χ4n) is 3.47. The van der Waals surface area contributed by atoms with Crippen molar-refractivity contribution in [3.05, 3.63) is 99.3 Å². The molecular weight excluding hydrogens is 483 g/mol. The summed E-state index contributed by atoms with van der Waals surface area (Å²) in [5.41, 5.74) is -2.68. The lowest BCUT2D eigenvalue weighted by Gasteiger charge is -2.29. The molecule has 33 heavy (non-hydrogen) atoms. The lowest BCUT2D eigenvalue weighted by Crippen LogP contribution is -2.42. The van der Waals surface area contributed by atoms with Crippen LogP contribution in [0.3, 0.4) is 0 Å². The zero-order valence-electron chi connectivity index (χ0n) is 16.6. The lowest BCUT2D eigenvalue weighted by atomic mass is 9.86. The Hall–Kier alpha value is -3.10. The summed E-state index contributed by atoms with van der Waals surface area (Å²) >= 11 is 11.8. The van der Waals surface area contributed by atoms with E-state index in [1.165, 1.54) is 48.5 Å². The number of halogens is 6. The molecule has 0 saturated carbocycles. The number of hydrogen-bond acceptors (Lipinski definition) is 3. The molecule has 3 aromatic rings. The van der Waals surface area contributed by atoms with Crippen LogP contribution in [0.2, 0.25) is 10.0 Å². The van der Waals surface area contributed by atoms with Gasteiger partial charge in [-0.25, -0.2) is 4.39 Å². The van der Waals surface area contributed by atoms with E-state index in [2.05, 4.69) is 10.5 Å². The molecule has 1 aliphatic rings. The van der Waals surface area contributed by atoms with Crippen LogP contribution in [-0.4, -0.2) is 17.8 Å². The maximum Gasteiger partial charge on any atom is 0.435 e. The number of anilines is 1. The van der Waals surface area contributed by atoms with E-state index in [0.29, 0.717) is 5.56 Å². The molecule has 1 N–H and O–H groups in total. The molecule has 0 saturated heterocycles. The van der Waals surface area contributed by atoms with E-state index in [9.17, 15) is 22.4 Å². The normalized spacial score (nSPS) is 17.9. The van der Waals surface area contributed by atoms with Gasteiger partial charge in [-0.2, -0.15) is 13.2 Å². The molecule has 1 heterocycles. The molecule has 0 spiro atoms. The summed E-state index contributed by atoms with van der Waals surface area (Å²) in [6, 6.07) is 15.0. The van der Waals surface area contributed by atoms with Gasteiger partial charge in [-0.05, 0) is 42.5 Å². The van der Waals surface area contributed by atoms with Crippen LogP contribution in [0.1, 0.15) is 27.9 Å². The van der Waals surface area contributed by atoms with Crippen LogP contribution in [0.15, 0.2) is 71.9 Å². The summed E-state index contributed by atoms with van der Waals surface area (Å²) in [6.07, 6.45) is -5.47. The number of nitrogens with one attached hydrogen (secondary N) is 1. The number of carbonyl (C=O) groups excluding carboxylic acids is 1. The maximum absolute atomic E-state index is 14.2. The van der Waals surface area contributed by atoms with E-state index < -0.39 is 29.9 Å². The Kier molecular flexibility index (Phi) is 6.07. The molecular formula is C23H14Cl2F4N2O2. The first kappa shape index (κ1) is 23.1. The third-order valence-corrected chi connectivity index (χ3v) is 5.52. The number of nitrogens with zero attached hydrogens (tertiary/aromatic N) is 1. The number of oxime groups is 1. The molecule has 1 atom stereocenters. The summed E-state index contributed by atoms with van der Waals surface area (Å²) in [7, 11) is 0. The Labute approximate surface area is 195 Å². The molecule has 0 aromatic heterocycles. The van der Waals surface area contributed by atoms with E-state index >= 15 is 0 Å². The van der Waals surface area contributed by atoms with Gasteiger partial charge in [0, 0.05) is 33.3 Å². The molecule has 1 aliphatic heterocycles. The van der Waals surface area contributed by atoms with Crippen molar-refractivity contribution < 1.29 is 27.2 Å². The number of rotatable bonds is 4. The molecule has 0 fully saturated rings. The Morgan fingerprint density at radius 3 is 2.36 bits per heavy atom. The van der Waals surface area contributed by atoms with Crippen molar-refractivity contribution >= 4 is 40.5 Å². The smallest absolute Gasteiger partial charge is 0.374 e. The van der Waals surface area contributed by atoms with Crippen molar-refractivity contribution in [2.75, 3.05) is 5.32 Å². The summed E-state index contributed by atoms with van der Waals surface area (Å²) in [4.78, 5) is 17.4. The highest BCUT2D eigenvalue weighted by atomic mass is 35.5. The molecule has 0 aliphatic carbocycles. The minimum Gasteiger partial charge on any atom is -0.374 e. The monoisotopic (exact) mass is 496 g/mol. The van der Waals surface area contributed by atoms with Crippen LogP contribution in [0.4, 0.5) is 23.2 Å². The number of amides is 1. The molecule has 0 bridgehead atoms. The molecule has 1 unspecified atom stereocenters. The standard InChI is InChI=1S/C23H14Cl2F4N2O2/c24-15-9-14(10-16(25)11-15)22(23(27,28)29)12-20(31-33-22)13-4-3-5-17(8-13)30-21(32)18-6-1-2-7-19(18)26/h1-11H,12H2,(H,30,32). The van der Waals surface area contributed by atoms with E-state index in [1.807, 2.05) is 0 Å². The highest BCUT2D eigenvalue weighted by Gasteiger charge is 2.62. The number of benzene rings is 3. The molecule has 4 nitrogen and oxygen atoms in total. The van der Waals surface area contributed by atoms with Crippen LogP contribution in [0, 0.1) is 5.82 Å². The van der Waals surface area contributed by atoms with Gasteiger partial charge < -0.3 is 10.2 Å². The van der Waals surface area contributed by atoms with Gasteiger partial charge in [0.2, 0.25) is 0 Å². The molecule has 4 rings (SSSR count). The second kappa shape index (κ2) is 8.68. The quantitative estimate of drug-likeness (QED) is 0.396. The largest absolute Gasteiger partial charge is 0.435 e. The summed E-state index contributed by atoms with van der Waals surface area (Å²) in [5.74, 6) is -1.40. The van der Waals surface area contributed by atoms with Gasteiger partial charge in [0.25, 0.3) is 11.5 Å². The van der Waals surface area contributed by atoms with Crippen molar-refractivity contribution in [2.24, 2.45) is 5.16 Å². The number of carbonyl (C=O) groups is 1. The molecule has 10 heteroatoms. The van der Waals surface area contributed by atoms with Gasteiger partial charge in [0.05, 0.1) is 11.3 Å². The Morgan fingerprint density at radius 1 is 1.00 bits per heavy atom. The van der Waals surface area contributed by atoms with Crippen LogP contribution in [0.5, 0.6) is 0 Å². The lowest BCUT2D eigenvalue weighted by molar-refractivity contribution is -0.275.